The quantitative estimate of drug-likeness (QED) is 0.255. The van der Waals surface area contributed by atoms with E-state index in [0.29, 0.717) is 0 Å². The third-order valence-electron chi connectivity index (χ3n) is 6.80. The summed E-state index contributed by atoms with van der Waals surface area (Å²) in [6.07, 6.45) is 7.05. The summed E-state index contributed by atoms with van der Waals surface area (Å²) in [7, 11) is -1.95. The Balaban J connectivity index is 1.96. The van der Waals surface area contributed by atoms with E-state index in [1.54, 1.807) is 0 Å². The highest BCUT2D eigenvalue weighted by atomic mass is 28.4. The number of allylic oxidation sites excluding steroid dienone is 1. The van der Waals surface area contributed by atoms with Crippen molar-refractivity contribution in [3.63, 3.8) is 0 Å². The number of esters is 1. The van der Waals surface area contributed by atoms with E-state index in [2.05, 4.69) is 78.3 Å². The van der Waals surface area contributed by atoms with E-state index in [1.807, 2.05) is 0 Å². The van der Waals surface area contributed by atoms with E-state index in [4.69, 9.17) is 18.3 Å². The number of ether oxygens (including phenoxy) is 2. The minimum Gasteiger partial charge on any atom is -0.544 e. The van der Waals surface area contributed by atoms with Crippen molar-refractivity contribution in [3.05, 3.63) is 34.9 Å². The molecule has 5 nitrogen and oxygen atoms in total. The molecule has 7 heteroatoms. The van der Waals surface area contributed by atoms with Crippen molar-refractivity contribution >= 4 is 22.6 Å². The molecule has 1 aliphatic heterocycles. The van der Waals surface area contributed by atoms with Gasteiger partial charge in [-0.1, -0.05) is 6.08 Å². The molecule has 1 aliphatic carbocycles. The number of rotatable bonds is 9. The average Bonchev–Trinajstić information content (AvgIpc) is 2.69. The first kappa shape index (κ1) is 28.0. The molecule has 0 saturated carbocycles. The van der Waals surface area contributed by atoms with E-state index in [1.165, 1.54) is 12.7 Å². The normalized spacial score (nSPS) is 22.3. The van der Waals surface area contributed by atoms with Gasteiger partial charge in [0, 0.05) is 29.1 Å². The van der Waals surface area contributed by atoms with E-state index >= 15 is 0 Å². The SMILES string of the molecule is COC(=O)C1=C[C@H]2c3c(cc(CCCC(C)O[Si](C)(C)C)cc3O[Si](C)(C)C)OC(C)(C)[C@@H]2CC1. The largest absolute Gasteiger partial charge is 0.544 e. The van der Waals surface area contributed by atoms with Crippen LogP contribution in [0.2, 0.25) is 39.3 Å². The van der Waals surface area contributed by atoms with Gasteiger partial charge in [-0.2, -0.15) is 0 Å². The molecule has 35 heavy (non-hydrogen) atoms. The van der Waals surface area contributed by atoms with Crippen LogP contribution in [0.3, 0.4) is 0 Å². The summed E-state index contributed by atoms with van der Waals surface area (Å²) in [5.74, 6) is 1.94. The monoisotopic (exact) mass is 518 g/mol. The summed E-state index contributed by atoms with van der Waals surface area (Å²) in [5, 5.41) is 0. The van der Waals surface area contributed by atoms with Crippen molar-refractivity contribution in [2.45, 2.75) is 110 Å². The molecular formula is C28H46O5Si2. The van der Waals surface area contributed by atoms with Gasteiger partial charge in [0.1, 0.15) is 17.1 Å². The van der Waals surface area contributed by atoms with Crippen molar-refractivity contribution in [3.8, 4) is 11.5 Å². The average molecular weight is 519 g/mol. The Kier molecular flexibility index (Phi) is 8.34. The van der Waals surface area contributed by atoms with Crippen LogP contribution in [0.4, 0.5) is 0 Å². The number of methoxy groups -OCH3 is 1. The first-order chi connectivity index (χ1) is 16.1. The molecule has 1 aromatic carbocycles. The van der Waals surface area contributed by atoms with E-state index in [0.717, 1.165) is 54.7 Å². The summed E-state index contributed by atoms with van der Waals surface area (Å²) in [5.41, 5.74) is 2.76. The van der Waals surface area contributed by atoms with Crippen LogP contribution in [0.25, 0.3) is 0 Å². The maximum Gasteiger partial charge on any atom is 0.333 e. The molecule has 196 valence electrons. The Bertz CT molecular complexity index is 955. The second kappa shape index (κ2) is 10.4. The summed E-state index contributed by atoms with van der Waals surface area (Å²) in [6, 6.07) is 4.43. The highest BCUT2D eigenvalue weighted by molar-refractivity contribution is 6.70. The predicted molar refractivity (Wildman–Crippen MR) is 148 cm³/mol. The third-order valence-corrected chi connectivity index (χ3v) is 8.74. The fourth-order valence-corrected chi connectivity index (χ4v) is 7.67. The Labute approximate surface area is 214 Å². The molecule has 0 fully saturated rings. The zero-order valence-corrected chi connectivity index (χ0v) is 25.5. The van der Waals surface area contributed by atoms with Crippen LogP contribution in [-0.4, -0.2) is 41.4 Å². The number of hydrogen-bond donors (Lipinski definition) is 0. The van der Waals surface area contributed by atoms with Gasteiger partial charge in [-0.3, -0.25) is 0 Å². The van der Waals surface area contributed by atoms with Gasteiger partial charge in [0.05, 0.1) is 7.11 Å². The summed E-state index contributed by atoms with van der Waals surface area (Å²) >= 11 is 0. The maximum absolute atomic E-state index is 12.4. The number of aryl methyl sites for hydroxylation is 1. The molecular weight excluding hydrogens is 472 g/mol. The summed E-state index contributed by atoms with van der Waals surface area (Å²) in [6.45, 7) is 19.9. The minimum absolute atomic E-state index is 0.0715. The van der Waals surface area contributed by atoms with Crippen LogP contribution >= 0.6 is 0 Å². The van der Waals surface area contributed by atoms with Gasteiger partial charge < -0.3 is 18.3 Å². The second-order valence-corrected chi connectivity index (χ2v) is 21.6. The Morgan fingerprint density at radius 3 is 2.43 bits per heavy atom. The molecule has 0 N–H and O–H groups in total. The number of hydrogen-bond acceptors (Lipinski definition) is 5. The Morgan fingerprint density at radius 1 is 1.14 bits per heavy atom. The zero-order valence-electron chi connectivity index (χ0n) is 23.5. The van der Waals surface area contributed by atoms with Gasteiger partial charge in [-0.05, 0) is 110 Å². The maximum atomic E-state index is 12.4. The van der Waals surface area contributed by atoms with Crippen LogP contribution < -0.4 is 9.16 Å². The van der Waals surface area contributed by atoms with Gasteiger partial charge in [0.25, 0.3) is 0 Å². The Hall–Kier alpha value is -1.58. The van der Waals surface area contributed by atoms with Crippen molar-refractivity contribution in [1.82, 2.24) is 0 Å². The fourth-order valence-electron chi connectivity index (χ4n) is 5.51. The van der Waals surface area contributed by atoms with E-state index in [-0.39, 0.29) is 29.5 Å². The second-order valence-electron chi connectivity index (χ2n) is 12.7. The molecule has 1 aromatic rings. The van der Waals surface area contributed by atoms with Crippen molar-refractivity contribution in [1.29, 1.82) is 0 Å². The van der Waals surface area contributed by atoms with E-state index < -0.39 is 16.6 Å². The third kappa shape index (κ3) is 7.23. The van der Waals surface area contributed by atoms with Gasteiger partial charge >= 0.3 is 5.97 Å². The number of fused-ring (bicyclic) bond motifs is 3. The molecule has 0 radical (unpaired) electrons. The van der Waals surface area contributed by atoms with Crippen LogP contribution in [-0.2, 0) is 20.4 Å². The van der Waals surface area contributed by atoms with Crippen LogP contribution in [0.15, 0.2) is 23.8 Å². The first-order valence-corrected chi connectivity index (χ1v) is 19.9. The lowest BCUT2D eigenvalue weighted by molar-refractivity contribution is -0.136. The lowest BCUT2D eigenvalue weighted by Crippen LogP contribution is -2.46. The number of benzene rings is 1. The molecule has 0 amide bonds. The summed E-state index contributed by atoms with van der Waals surface area (Å²) < 4.78 is 24.6. The molecule has 3 atom stereocenters. The summed E-state index contributed by atoms with van der Waals surface area (Å²) in [4.78, 5) is 12.4. The zero-order chi connectivity index (χ0) is 26.2. The first-order valence-electron chi connectivity index (χ1n) is 13.1. The van der Waals surface area contributed by atoms with Crippen molar-refractivity contribution < 1.29 is 23.1 Å². The molecule has 0 bridgehead atoms. The molecule has 3 rings (SSSR count). The lowest BCUT2D eigenvalue weighted by Gasteiger charge is -2.47. The minimum atomic E-state index is -1.88. The lowest BCUT2D eigenvalue weighted by atomic mass is 9.67. The number of carbonyl (C=O) groups excluding carboxylic acids is 1. The van der Waals surface area contributed by atoms with Crippen molar-refractivity contribution in [2.75, 3.05) is 7.11 Å². The smallest absolute Gasteiger partial charge is 0.333 e. The standard InChI is InChI=1S/C28H46O5Si2/c1-19(32-34(5,6)7)12-11-13-20-16-24-26(25(17-20)33-35(8,9)10)22-18-21(27(29)30-4)14-15-23(22)28(2,3)31-24/h16-19,22-23H,11-15H2,1-10H3/t19?,22-,23-/m1/s1. The molecule has 1 heterocycles. The van der Waals surface area contributed by atoms with Gasteiger partial charge in [0.2, 0.25) is 8.32 Å². The number of carbonyl (C=O) groups is 1. The predicted octanol–water partition coefficient (Wildman–Crippen LogP) is 7.23. The van der Waals surface area contributed by atoms with E-state index in [9.17, 15) is 4.79 Å². The molecule has 0 spiro atoms. The van der Waals surface area contributed by atoms with Crippen LogP contribution in [0.1, 0.15) is 63.5 Å². The van der Waals surface area contributed by atoms with Crippen molar-refractivity contribution in [2.24, 2.45) is 5.92 Å². The fraction of sp³-hybridized carbons (Fsp3) is 0.679. The van der Waals surface area contributed by atoms with Crippen LogP contribution in [0.5, 0.6) is 11.5 Å². The molecule has 0 saturated heterocycles. The van der Waals surface area contributed by atoms with Gasteiger partial charge in [-0.15, -0.1) is 0 Å². The molecule has 0 aromatic heterocycles. The van der Waals surface area contributed by atoms with Gasteiger partial charge in [-0.25, -0.2) is 4.79 Å². The molecule has 1 unspecified atom stereocenters. The highest BCUT2D eigenvalue weighted by Crippen LogP contribution is 2.54. The topological polar surface area (TPSA) is 54.0 Å². The Morgan fingerprint density at radius 2 is 1.83 bits per heavy atom. The molecule has 2 aliphatic rings. The van der Waals surface area contributed by atoms with Crippen LogP contribution in [0, 0.1) is 5.92 Å². The highest BCUT2D eigenvalue weighted by Gasteiger charge is 2.46. The van der Waals surface area contributed by atoms with Gasteiger partial charge in [0.15, 0.2) is 8.32 Å².